The van der Waals surface area contributed by atoms with E-state index in [4.69, 9.17) is 0 Å². The van der Waals surface area contributed by atoms with E-state index in [0.29, 0.717) is 13.0 Å². The van der Waals surface area contributed by atoms with Gasteiger partial charge in [-0.1, -0.05) is 0 Å². The van der Waals surface area contributed by atoms with Crippen molar-refractivity contribution in [3.8, 4) is 0 Å². The molecule has 0 radical (unpaired) electrons. The first kappa shape index (κ1) is 15.8. The van der Waals surface area contributed by atoms with E-state index in [9.17, 15) is 4.79 Å². The molecule has 116 valence electrons. The van der Waals surface area contributed by atoms with Gasteiger partial charge in [-0.3, -0.25) is 4.79 Å². The van der Waals surface area contributed by atoms with Crippen molar-refractivity contribution in [2.75, 3.05) is 24.5 Å². The SMILES string of the molecule is Cc1cc(CNC(C)(C)C)cnc1N1CCNC(=O)CC1. The number of carbonyl (C=O) groups excluding carboxylic acids is 1. The van der Waals surface area contributed by atoms with Crippen LogP contribution in [-0.4, -0.2) is 36.1 Å². The lowest BCUT2D eigenvalue weighted by molar-refractivity contribution is -0.120. The van der Waals surface area contributed by atoms with Crippen molar-refractivity contribution in [3.63, 3.8) is 0 Å². The number of aromatic nitrogens is 1. The van der Waals surface area contributed by atoms with Gasteiger partial charge in [0.2, 0.25) is 5.91 Å². The van der Waals surface area contributed by atoms with Gasteiger partial charge in [-0.15, -0.1) is 0 Å². The number of rotatable bonds is 3. The number of amides is 1. The van der Waals surface area contributed by atoms with Crippen molar-refractivity contribution >= 4 is 11.7 Å². The number of anilines is 1. The molecular weight excluding hydrogens is 264 g/mol. The van der Waals surface area contributed by atoms with Gasteiger partial charge in [-0.25, -0.2) is 4.98 Å². The molecule has 2 rings (SSSR count). The van der Waals surface area contributed by atoms with Crippen molar-refractivity contribution in [1.82, 2.24) is 15.6 Å². The zero-order valence-corrected chi connectivity index (χ0v) is 13.5. The summed E-state index contributed by atoms with van der Waals surface area (Å²) in [7, 11) is 0. The van der Waals surface area contributed by atoms with Crippen molar-refractivity contribution in [2.45, 2.75) is 46.2 Å². The molecule has 0 bridgehead atoms. The van der Waals surface area contributed by atoms with Crippen LogP contribution in [0.4, 0.5) is 5.82 Å². The molecule has 2 heterocycles. The molecule has 5 nitrogen and oxygen atoms in total. The van der Waals surface area contributed by atoms with Gasteiger partial charge in [-0.05, 0) is 44.9 Å². The monoisotopic (exact) mass is 290 g/mol. The Kier molecular flexibility index (Phi) is 4.83. The Morgan fingerprint density at radius 2 is 2.14 bits per heavy atom. The maximum absolute atomic E-state index is 11.4. The van der Waals surface area contributed by atoms with Crippen LogP contribution in [0.1, 0.15) is 38.3 Å². The van der Waals surface area contributed by atoms with Crippen LogP contribution in [0.2, 0.25) is 0 Å². The smallest absolute Gasteiger partial charge is 0.221 e. The summed E-state index contributed by atoms with van der Waals surface area (Å²) >= 11 is 0. The Hall–Kier alpha value is -1.62. The second-order valence-corrected chi connectivity index (χ2v) is 6.67. The third-order valence-electron chi connectivity index (χ3n) is 3.54. The van der Waals surface area contributed by atoms with Gasteiger partial charge in [0.25, 0.3) is 0 Å². The summed E-state index contributed by atoms with van der Waals surface area (Å²) in [6.45, 7) is 11.6. The number of aryl methyl sites for hydroxylation is 1. The van der Waals surface area contributed by atoms with Crippen molar-refractivity contribution in [1.29, 1.82) is 0 Å². The van der Waals surface area contributed by atoms with Crippen LogP contribution in [-0.2, 0) is 11.3 Å². The number of hydrogen-bond donors (Lipinski definition) is 2. The van der Waals surface area contributed by atoms with Crippen LogP contribution in [0.5, 0.6) is 0 Å². The molecule has 5 heteroatoms. The molecule has 1 aromatic heterocycles. The van der Waals surface area contributed by atoms with Gasteiger partial charge < -0.3 is 15.5 Å². The van der Waals surface area contributed by atoms with E-state index in [1.807, 2.05) is 6.20 Å². The number of carbonyl (C=O) groups is 1. The molecule has 0 saturated carbocycles. The first-order valence-corrected chi connectivity index (χ1v) is 7.57. The average Bonchev–Trinajstić information content (AvgIpc) is 2.61. The molecule has 1 saturated heterocycles. The minimum atomic E-state index is 0.101. The molecule has 1 aliphatic rings. The topological polar surface area (TPSA) is 57.3 Å². The van der Waals surface area contributed by atoms with E-state index < -0.39 is 0 Å². The van der Waals surface area contributed by atoms with Gasteiger partial charge in [0.15, 0.2) is 0 Å². The molecule has 2 N–H and O–H groups in total. The molecule has 1 aliphatic heterocycles. The Balaban J connectivity index is 2.06. The lowest BCUT2D eigenvalue weighted by atomic mass is 10.1. The Labute approximate surface area is 127 Å². The number of hydrogen-bond acceptors (Lipinski definition) is 4. The summed E-state index contributed by atoms with van der Waals surface area (Å²) in [5.74, 6) is 1.12. The lowest BCUT2D eigenvalue weighted by Gasteiger charge is -2.24. The summed E-state index contributed by atoms with van der Waals surface area (Å²) in [6.07, 6.45) is 2.47. The molecule has 1 fully saturated rings. The molecule has 0 unspecified atom stereocenters. The van der Waals surface area contributed by atoms with Crippen LogP contribution in [0, 0.1) is 6.92 Å². The highest BCUT2D eigenvalue weighted by atomic mass is 16.1. The normalized spacial score (nSPS) is 16.6. The van der Waals surface area contributed by atoms with E-state index >= 15 is 0 Å². The number of nitrogens with zero attached hydrogens (tertiary/aromatic N) is 2. The summed E-state index contributed by atoms with van der Waals surface area (Å²) in [4.78, 5) is 18.2. The van der Waals surface area contributed by atoms with Crippen LogP contribution < -0.4 is 15.5 Å². The fraction of sp³-hybridized carbons (Fsp3) is 0.625. The second-order valence-electron chi connectivity index (χ2n) is 6.67. The summed E-state index contributed by atoms with van der Waals surface area (Å²) in [6, 6.07) is 2.18. The van der Waals surface area contributed by atoms with Crippen LogP contribution in [0.3, 0.4) is 0 Å². The van der Waals surface area contributed by atoms with Gasteiger partial charge in [0.1, 0.15) is 5.82 Å². The third-order valence-corrected chi connectivity index (χ3v) is 3.54. The van der Waals surface area contributed by atoms with E-state index in [2.05, 4.69) is 54.3 Å². The lowest BCUT2D eigenvalue weighted by Crippen LogP contribution is -2.35. The van der Waals surface area contributed by atoms with Crippen molar-refractivity contribution in [3.05, 3.63) is 23.4 Å². The fourth-order valence-electron chi connectivity index (χ4n) is 2.40. The predicted molar refractivity (Wildman–Crippen MR) is 85.4 cm³/mol. The van der Waals surface area contributed by atoms with E-state index in [1.54, 1.807) is 0 Å². The first-order chi connectivity index (χ1) is 9.85. The summed E-state index contributed by atoms with van der Waals surface area (Å²) in [5, 5.41) is 6.37. The highest BCUT2D eigenvalue weighted by Crippen LogP contribution is 2.19. The molecular formula is C16H26N4O. The number of nitrogens with one attached hydrogen (secondary N) is 2. The molecule has 21 heavy (non-hydrogen) atoms. The van der Waals surface area contributed by atoms with Crippen LogP contribution in [0.15, 0.2) is 12.3 Å². The zero-order valence-electron chi connectivity index (χ0n) is 13.5. The molecule has 1 amide bonds. The van der Waals surface area contributed by atoms with E-state index in [0.717, 1.165) is 31.0 Å². The Morgan fingerprint density at radius 1 is 1.38 bits per heavy atom. The molecule has 0 aromatic carbocycles. The molecule has 0 spiro atoms. The summed E-state index contributed by atoms with van der Waals surface area (Å²) < 4.78 is 0. The first-order valence-electron chi connectivity index (χ1n) is 7.57. The fourth-order valence-corrected chi connectivity index (χ4v) is 2.40. The van der Waals surface area contributed by atoms with E-state index in [1.165, 1.54) is 5.56 Å². The third kappa shape index (κ3) is 4.70. The zero-order chi connectivity index (χ0) is 15.5. The van der Waals surface area contributed by atoms with Gasteiger partial charge in [-0.2, -0.15) is 0 Å². The quantitative estimate of drug-likeness (QED) is 0.888. The standard InChI is InChI=1S/C16H26N4O/c1-12-9-13(11-19-16(2,3)4)10-18-15(12)20-7-5-14(21)17-6-8-20/h9-10,19H,5-8,11H2,1-4H3,(H,17,21). The minimum Gasteiger partial charge on any atom is -0.354 e. The molecule has 0 aliphatic carbocycles. The van der Waals surface area contributed by atoms with Crippen LogP contribution >= 0.6 is 0 Å². The second kappa shape index (κ2) is 6.43. The van der Waals surface area contributed by atoms with E-state index in [-0.39, 0.29) is 11.4 Å². The molecule has 1 aromatic rings. The molecule has 0 atom stereocenters. The maximum atomic E-state index is 11.4. The largest absolute Gasteiger partial charge is 0.354 e. The maximum Gasteiger partial charge on any atom is 0.221 e. The Bertz CT molecular complexity index is 507. The van der Waals surface area contributed by atoms with Crippen molar-refractivity contribution in [2.24, 2.45) is 0 Å². The predicted octanol–water partition coefficient (Wildman–Crippen LogP) is 1.60. The van der Waals surface area contributed by atoms with Gasteiger partial charge >= 0.3 is 0 Å². The van der Waals surface area contributed by atoms with Gasteiger partial charge in [0, 0.05) is 44.3 Å². The Morgan fingerprint density at radius 3 is 2.81 bits per heavy atom. The highest BCUT2D eigenvalue weighted by Gasteiger charge is 2.17. The highest BCUT2D eigenvalue weighted by molar-refractivity contribution is 5.77. The minimum absolute atomic E-state index is 0.101. The van der Waals surface area contributed by atoms with Crippen molar-refractivity contribution < 1.29 is 4.79 Å². The van der Waals surface area contributed by atoms with Crippen LogP contribution in [0.25, 0.3) is 0 Å². The average molecular weight is 290 g/mol. The summed E-state index contributed by atoms with van der Waals surface area (Å²) in [5.41, 5.74) is 2.45. The van der Waals surface area contributed by atoms with Gasteiger partial charge in [0.05, 0.1) is 0 Å². The number of pyridine rings is 1.